The molecule has 3 aromatic rings. The fraction of sp³-hybridized carbons (Fsp3) is 0.150. The molecule has 3 rings (SSSR count). The number of hydrogen-bond acceptors (Lipinski definition) is 2. The predicted octanol–water partition coefficient (Wildman–Crippen LogP) is 4.89. The highest BCUT2D eigenvalue weighted by Crippen LogP contribution is 2.32. The van der Waals surface area contributed by atoms with Crippen LogP contribution in [-0.4, -0.2) is 13.7 Å². The molecule has 0 fully saturated rings. The smallest absolute Gasteiger partial charge is 0.157 e. The van der Waals surface area contributed by atoms with Gasteiger partial charge in [-0.3, -0.25) is 4.98 Å². The van der Waals surface area contributed by atoms with Crippen LogP contribution in [0.15, 0.2) is 54.7 Å². The van der Waals surface area contributed by atoms with E-state index in [0.717, 1.165) is 22.3 Å². The van der Waals surface area contributed by atoms with Gasteiger partial charge in [-0.25, -0.2) is 8.60 Å². The second kappa shape index (κ2) is 7.25. The van der Waals surface area contributed by atoms with Crippen LogP contribution < -0.4 is 0 Å². The number of halogens is 1. The van der Waals surface area contributed by atoms with E-state index in [-0.39, 0.29) is 11.3 Å². The van der Waals surface area contributed by atoms with Gasteiger partial charge in [0.25, 0.3) is 0 Å². The lowest BCUT2D eigenvalue weighted by Crippen LogP contribution is -1.98. The summed E-state index contributed by atoms with van der Waals surface area (Å²) in [7, 11) is 0. The molecule has 0 amide bonds. The van der Waals surface area contributed by atoms with E-state index in [9.17, 15) is 8.60 Å². The summed E-state index contributed by atoms with van der Waals surface area (Å²) in [5, 5.41) is 0. The van der Waals surface area contributed by atoms with Gasteiger partial charge in [-0.15, -0.1) is 0 Å². The van der Waals surface area contributed by atoms with E-state index in [4.69, 9.17) is 4.55 Å². The molecule has 1 unspecified atom stereocenters. The van der Waals surface area contributed by atoms with Crippen molar-refractivity contribution in [2.45, 2.75) is 19.6 Å². The van der Waals surface area contributed by atoms with Crippen LogP contribution in [-0.2, 0) is 16.8 Å². The zero-order valence-corrected chi connectivity index (χ0v) is 14.8. The first-order valence-electron chi connectivity index (χ1n) is 7.84. The summed E-state index contributed by atoms with van der Waals surface area (Å²) in [5.41, 5.74) is 5.79. The van der Waals surface area contributed by atoms with E-state index < -0.39 is 16.9 Å². The van der Waals surface area contributed by atoms with Crippen molar-refractivity contribution in [1.82, 2.24) is 4.98 Å². The molecule has 0 spiro atoms. The lowest BCUT2D eigenvalue weighted by atomic mass is 9.96. The SMILES string of the molecule is Cc1cc(C)cc(-c2cccnc2-c2ccc(CS(=O)O)c(F)c2)c1. The van der Waals surface area contributed by atoms with Crippen LogP contribution in [0.4, 0.5) is 4.39 Å². The maximum Gasteiger partial charge on any atom is 0.157 e. The highest BCUT2D eigenvalue weighted by Gasteiger charge is 2.12. The molecule has 2 aromatic carbocycles. The molecule has 0 aliphatic carbocycles. The average Bonchev–Trinajstić information content (AvgIpc) is 2.55. The van der Waals surface area contributed by atoms with Gasteiger partial charge in [0.15, 0.2) is 11.1 Å². The molecule has 1 atom stereocenters. The summed E-state index contributed by atoms with van der Waals surface area (Å²) >= 11 is -2.07. The van der Waals surface area contributed by atoms with Gasteiger partial charge in [0.05, 0.1) is 11.4 Å². The molecule has 0 aliphatic rings. The molecule has 0 saturated heterocycles. The highest BCUT2D eigenvalue weighted by molar-refractivity contribution is 7.78. The average molecular weight is 355 g/mol. The third-order valence-electron chi connectivity index (χ3n) is 3.95. The number of pyridine rings is 1. The van der Waals surface area contributed by atoms with E-state index >= 15 is 0 Å². The van der Waals surface area contributed by atoms with Gasteiger partial charge in [0.2, 0.25) is 0 Å². The lowest BCUT2D eigenvalue weighted by Gasteiger charge is -2.11. The van der Waals surface area contributed by atoms with Crippen molar-refractivity contribution in [2.75, 3.05) is 0 Å². The molecule has 1 aromatic heterocycles. The number of hydrogen-bond donors (Lipinski definition) is 1. The molecule has 1 N–H and O–H groups in total. The Labute approximate surface area is 148 Å². The third kappa shape index (κ3) is 4.00. The Hall–Kier alpha value is -2.37. The van der Waals surface area contributed by atoms with Gasteiger partial charge in [0.1, 0.15) is 5.82 Å². The number of aryl methyl sites for hydroxylation is 2. The molecule has 25 heavy (non-hydrogen) atoms. The molecular weight excluding hydrogens is 337 g/mol. The summed E-state index contributed by atoms with van der Waals surface area (Å²) in [6, 6.07) is 14.7. The van der Waals surface area contributed by atoms with Crippen molar-refractivity contribution >= 4 is 11.1 Å². The van der Waals surface area contributed by atoms with Gasteiger partial charge >= 0.3 is 0 Å². The molecule has 128 valence electrons. The topological polar surface area (TPSA) is 50.2 Å². The Morgan fingerprint density at radius 1 is 1.04 bits per heavy atom. The number of aromatic nitrogens is 1. The molecule has 0 bridgehead atoms. The Kier molecular flexibility index (Phi) is 5.06. The minimum absolute atomic E-state index is 0.216. The second-order valence-electron chi connectivity index (χ2n) is 6.05. The number of nitrogens with zero attached hydrogens (tertiary/aromatic N) is 1. The summed E-state index contributed by atoms with van der Waals surface area (Å²) in [6.45, 7) is 4.08. The van der Waals surface area contributed by atoms with Crippen LogP contribution in [0.3, 0.4) is 0 Å². The Bertz CT molecular complexity index is 936. The van der Waals surface area contributed by atoms with Crippen molar-refractivity contribution in [3.63, 3.8) is 0 Å². The van der Waals surface area contributed by atoms with Gasteiger partial charge in [-0.2, -0.15) is 0 Å². The minimum atomic E-state index is -2.07. The Balaban J connectivity index is 2.10. The minimum Gasteiger partial charge on any atom is -0.306 e. The summed E-state index contributed by atoms with van der Waals surface area (Å²) < 4.78 is 34.2. The van der Waals surface area contributed by atoms with E-state index in [1.807, 2.05) is 26.0 Å². The normalized spacial score (nSPS) is 12.2. The summed E-state index contributed by atoms with van der Waals surface area (Å²) in [5.74, 6) is -0.727. The van der Waals surface area contributed by atoms with Crippen LogP contribution in [0.1, 0.15) is 16.7 Å². The molecule has 5 heteroatoms. The van der Waals surface area contributed by atoms with Crippen molar-refractivity contribution in [3.05, 3.63) is 77.2 Å². The molecule has 3 nitrogen and oxygen atoms in total. The largest absolute Gasteiger partial charge is 0.306 e. The first-order chi connectivity index (χ1) is 11.9. The molecule has 1 heterocycles. The summed E-state index contributed by atoms with van der Waals surface area (Å²) in [6.07, 6.45) is 1.68. The fourth-order valence-corrected chi connectivity index (χ4v) is 3.44. The lowest BCUT2D eigenvalue weighted by molar-refractivity contribution is 0.559. The maximum absolute atomic E-state index is 14.3. The summed E-state index contributed by atoms with van der Waals surface area (Å²) in [4.78, 5) is 4.44. The van der Waals surface area contributed by atoms with Crippen LogP contribution in [0, 0.1) is 19.7 Å². The van der Waals surface area contributed by atoms with Gasteiger partial charge in [-0.1, -0.05) is 47.5 Å². The van der Waals surface area contributed by atoms with Gasteiger partial charge < -0.3 is 4.55 Å². The quantitative estimate of drug-likeness (QED) is 0.678. The van der Waals surface area contributed by atoms with Crippen molar-refractivity contribution in [2.24, 2.45) is 0 Å². The third-order valence-corrected chi connectivity index (χ3v) is 4.50. The van der Waals surface area contributed by atoms with Crippen molar-refractivity contribution in [1.29, 1.82) is 0 Å². The van der Waals surface area contributed by atoms with Gasteiger partial charge in [0, 0.05) is 22.9 Å². The Morgan fingerprint density at radius 3 is 2.40 bits per heavy atom. The fourth-order valence-electron chi connectivity index (χ4n) is 2.94. The Morgan fingerprint density at radius 2 is 1.76 bits per heavy atom. The van der Waals surface area contributed by atoms with E-state index in [0.29, 0.717) is 11.3 Å². The zero-order chi connectivity index (χ0) is 18.0. The van der Waals surface area contributed by atoms with E-state index in [2.05, 4.69) is 23.2 Å². The predicted molar refractivity (Wildman–Crippen MR) is 99.0 cm³/mol. The second-order valence-corrected chi connectivity index (χ2v) is 6.98. The van der Waals surface area contributed by atoms with Gasteiger partial charge in [-0.05, 0) is 31.5 Å². The molecule has 0 saturated carbocycles. The van der Waals surface area contributed by atoms with Crippen molar-refractivity contribution < 1.29 is 13.2 Å². The molecular formula is C20H18FNO2S. The zero-order valence-electron chi connectivity index (χ0n) is 14.0. The highest BCUT2D eigenvalue weighted by atomic mass is 32.2. The van der Waals surface area contributed by atoms with Crippen LogP contribution in [0.5, 0.6) is 0 Å². The van der Waals surface area contributed by atoms with E-state index in [1.54, 1.807) is 18.3 Å². The van der Waals surface area contributed by atoms with Crippen LogP contribution >= 0.6 is 0 Å². The van der Waals surface area contributed by atoms with Crippen LogP contribution in [0.25, 0.3) is 22.4 Å². The number of rotatable bonds is 4. The van der Waals surface area contributed by atoms with E-state index in [1.165, 1.54) is 6.07 Å². The molecule has 0 radical (unpaired) electrons. The maximum atomic E-state index is 14.3. The van der Waals surface area contributed by atoms with Crippen LogP contribution in [0.2, 0.25) is 0 Å². The number of benzene rings is 2. The standard InChI is InChI=1S/C20H18FNO2S/c1-13-8-14(2)10-17(9-13)18-4-3-7-22-20(18)15-5-6-16(12-25(23)24)19(21)11-15/h3-11H,12H2,1-2H3,(H,23,24). The first-order valence-corrected chi connectivity index (χ1v) is 9.11. The molecule has 0 aliphatic heterocycles. The first kappa shape index (κ1) is 17.5. The van der Waals surface area contributed by atoms with Crippen molar-refractivity contribution in [3.8, 4) is 22.4 Å². The monoisotopic (exact) mass is 355 g/mol.